The maximum Gasteiger partial charge on any atom is 0.251 e. The Balaban J connectivity index is 1.72. The zero-order chi connectivity index (χ0) is 14.5. The normalized spacial score (nSPS) is 15.9. The van der Waals surface area contributed by atoms with Crippen LogP contribution in [0.2, 0.25) is 5.02 Å². The van der Waals surface area contributed by atoms with Crippen molar-refractivity contribution in [1.29, 1.82) is 0 Å². The second-order valence-electron chi connectivity index (χ2n) is 5.36. The number of rotatable bonds is 7. The third-order valence-corrected chi connectivity index (χ3v) is 3.38. The first-order chi connectivity index (χ1) is 9.54. The number of carbonyl (C=O) groups is 1. The fraction of sp³-hybridized carbons (Fsp3) is 0.533. The van der Waals surface area contributed by atoms with E-state index in [-0.39, 0.29) is 19.1 Å². The highest BCUT2D eigenvalue weighted by molar-refractivity contribution is 6.31. The van der Waals surface area contributed by atoms with Crippen LogP contribution in [-0.2, 0) is 4.74 Å². The van der Waals surface area contributed by atoms with Gasteiger partial charge in [0.25, 0.3) is 5.91 Å². The number of aryl methyl sites for hydroxylation is 1. The minimum absolute atomic E-state index is 0.176. The molecule has 1 aliphatic rings. The van der Waals surface area contributed by atoms with Gasteiger partial charge in [0, 0.05) is 23.7 Å². The monoisotopic (exact) mass is 297 g/mol. The van der Waals surface area contributed by atoms with Gasteiger partial charge < -0.3 is 15.2 Å². The summed E-state index contributed by atoms with van der Waals surface area (Å²) in [6.45, 7) is 3.02. The number of benzene rings is 1. The van der Waals surface area contributed by atoms with E-state index in [1.54, 1.807) is 18.2 Å². The van der Waals surface area contributed by atoms with Crippen molar-refractivity contribution in [3.63, 3.8) is 0 Å². The Morgan fingerprint density at radius 3 is 2.90 bits per heavy atom. The predicted octanol–water partition coefficient (Wildman–Crippen LogP) is 2.17. The molecule has 0 heterocycles. The lowest BCUT2D eigenvalue weighted by Crippen LogP contribution is -2.34. The third-order valence-electron chi connectivity index (χ3n) is 3.16. The van der Waals surface area contributed by atoms with Crippen molar-refractivity contribution in [2.24, 2.45) is 5.92 Å². The summed E-state index contributed by atoms with van der Waals surface area (Å²) in [6, 6.07) is 5.16. The average Bonchev–Trinajstić information content (AvgIpc) is 3.19. The maximum atomic E-state index is 11.9. The van der Waals surface area contributed by atoms with Crippen molar-refractivity contribution in [2.75, 3.05) is 19.8 Å². The number of hydrogen-bond acceptors (Lipinski definition) is 3. The SMILES string of the molecule is Cc1cc(Cl)cc(C(=O)NCC(O)COCC2CC2)c1. The topological polar surface area (TPSA) is 58.6 Å². The summed E-state index contributed by atoms with van der Waals surface area (Å²) in [4.78, 5) is 11.9. The molecule has 0 radical (unpaired) electrons. The first-order valence-electron chi connectivity index (χ1n) is 6.86. The summed E-state index contributed by atoms with van der Waals surface area (Å²) < 4.78 is 5.37. The Kier molecular flexibility index (Phi) is 5.40. The minimum atomic E-state index is -0.682. The standard InChI is InChI=1S/C15H20ClNO3/c1-10-4-12(6-13(16)5-10)15(19)17-7-14(18)9-20-8-11-2-3-11/h4-6,11,14,18H,2-3,7-9H2,1H3,(H,17,19). The Morgan fingerprint density at radius 1 is 1.50 bits per heavy atom. The average molecular weight is 298 g/mol. The molecule has 0 aromatic heterocycles. The molecule has 1 fully saturated rings. The highest BCUT2D eigenvalue weighted by Gasteiger charge is 2.21. The van der Waals surface area contributed by atoms with Crippen LogP contribution in [0.15, 0.2) is 18.2 Å². The molecule has 5 heteroatoms. The molecule has 1 aromatic carbocycles. The van der Waals surface area contributed by atoms with E-state index in [0.717, 1.165) is 5.56 Å². The summed E-state index contributed by atoms with van der Waals surface area (Å²) in [7, 11) is 0. The molecular formula is C15H20ClNO3. The van der Waals surface area contributed by atoms with Crippen molar-refractivity contribution in [1.82, 2.24) is 5.32 Å². The van der Waals surface area contributed by atoms with Crippen LogP contribution in [0, 0.1) is 12.8 Å². The number of ether oxygens (including phenoxy) is 1. The van der Waals surface area contributed by atoms with Crippen LogP contribution in [0.25, 0.3) is 0 Å². The molecule has 0 saturated heterocycles. The molecule has 1 atom stereocenters. The Labute approximate surface area is 124 Å². The lowest BCUT2D eigenvalue weighted by Gasteiger charge is -2.12. The molecule has 20 heavy (non-hydrogen) atoms. The van der Waals surface area contributed by atoms with Gasteiger partial charge in [0.1, 0.15) is 0 Å². The Hall–Kier alpha value is -1.10. The number of hydrogen-bond donors (Lipinski definition) is 2. The lowest BCUT2D eigenvalue weighted by molar-refractivity contribution is 0.0320. The van der Waals surface area contributed by atoms with Crippen LogP contribution in [0.1, 0.15) is 28.8 Å². The molecule has 0 aliphatic heterocycles. The van der Waals surface area contributed by atoms with E-state index in [0.29, 0.717) is 23.1 Å². The Bertz CT molecular complexity index is 454. The van der Waals surface area contributed by atoms with Gasteiger partial charge in [-0.15, -0.1) is 0 Å². The fourth-order valence-corrected chi connectivity index (χ4v) is 2.18. The van der Waals surface area contributed by atoms with Gasteiger partial charge in [-0.3, -0.25) is 4.79 Å². The molecular weight excluding hydrogens is 278 g/mol. The van der Waals surface area contributed by atoms with E-state index >= 15 is 0 Å². The van der Waals surface area contributed by atoms with Gasteiger partial charge in [-0.25, -0.2) is 0 Å². The molecule has 0 spiro atoms. The molecule has 1 unspecified atom stereocenters. The molecule has 1 aromatic rings. The van der Waals surface area contributed by atoms with Crippen LogP contribution < -0.4 is 5.32 Å². The van der Waals surface area contributed by atoms with Crippen LogP contribution in [0.4, 0.5) is 0 Å². The fourth-order valence-electron chi connectivity index (χ4n) is 1.89. The number of halogens is 1. The van der Waals surface area contributed by atoms with E-state index in [4.69, 9.17) is 16.3 Å². The lowest BCUT2D eigenvalue weighted by atomic mass is 10.1. The van der Waals surface area contributed by atoms with Crippen molar-refractivity contribution in [3.8, 4) is 0 Å². The molecule has 1 amide bonds. The van der Waals surface area contributed by atoms with Gasteiger partial charge in [-0.2, -0.15) is 0 Å². The number of aliphatic hydroxyl groups excluding tert-OH is 1. The number of aliphatic hydroxyl groups is 1. The summed E-state index contributed by atoms with van der Waals surface area (Å²) in [5, 5.41) is 12.9. The summed E-state index contributed by atoms with van der Waals surface area (Å²) >= 11 is 5.91. The molecule has 110 valence electrons. The van der Waals surface area contributed by atoms with Gasteiger partial charge in [-0.1, -0.05) is 11.6 Å². The number of amides is 1. The number of carbonyl (C=O) groups excluding carboxylic acids is 1. The molecule has 2 N–H and O–H groups in total. The maximum absolute atomic E-state index is 11.9. The van der Waals surface area contributed by atoms with Crippen LogP contribution in [0.5, 0.6) is 0 Å². The highest BCUT2D eigenvalue weighted by Crippen LogP contribution is 2.28. The highest BCUT2D eigenvalue weighted by atomic mass is 35.5. The first-order valence-corrected chi connectivity index (χ1v) is 7.23. The van der Waals surface area contributed by atoms with E-state index in [9.17, 15) is 9.90 Å². The second-order valence-corrected chi connectivity index (χ2v) is 5.80. The van der Waals surface area contributed by atoms with Crippen molar-refractivity contribution in [2.45, 2.75) is 25.9 Å². The smallest absolute Gasteiger partial charge is 0.251 e. The molecule has 4 nitrogen and oxygen atoms in total. The first kappa shape index (κ1) is 15.3. The van der Waals surface area contributed by atoms with Crippen molar-refractivity contribution in [3.05, 3.63) is 34.3 Å². The molecule has 1 aliphatic carbocycles. The summed E-state index contributed by atoms with van der Waals surface area (Å²) in [6.07, 6.45) is 1.76. The minimum Gasteiger partial charge on any atom is -0.389 e. The molecule has 1 saturated carbocycles. The van der Waals surface area contributed by atoms with E-state index < -0.39 is 6.10 Å². The summed E-state index contributed by atoms with van der Waals surface area (Å²) in [5.74, 6) is 0.433. The molecule has 0 bridgehead atoms. The predicted molar refractivity (Wildman–Crippen MR) is 78.1 cm³/mol. The Morgan fingerprint density at radius 2 is 2.25 bits per heavy atom. The third kappa shape index (κ3) is 5.12. The van der Waals surface area contributed by atoms with E-state index in [1.807, 2.05) is 6.92 Å². The quantitative estimate of drug-likeness (QED) is 0.811. The summed E-state index contributed by atoms with van der Waals surface area (Å²) in [5.41, 5.74) is 1.43. The van der Waals surface area contributed by atoms with Crippen molar-refractivity contribution < 1.29 is 14.6 Å². The number of nitrogens with one attached hydrogen (secondary N) is 1. The van der Waals surface area contributed by atoms with Crippen LogP contribution in [0.3, 0.4) is 0 Å². The van der Waals surface area contributed by atoms with Gasteiger partial charge in [0.15, 0.2) is 0 Å². The van der Waals surface area contributed by atoms with Gasteiger partial charge in [0.05, 0.1) is 12.7 Å². The van der Waals surface area contributed by atoms with Gasteiger partial charge in [-0.05, 0) is 49.4 Å². The van der Waals surface area contributed by atoms with E-state index in [2.05, 4.69) is 5.32 Å². The van der Waals surface area contributed by atoms with Crippen molar-refractivity contribution >= 4 is 17.5 Å². The second kappa shape index (κ2) is 7.07. The van der Waals surface area contributed by atoms with Gasteiger partial charge in [0.2, 0.25) is 0 Å². The van der Waals surface area contributed by atoms with Crippen LogP contribution >= 0.6 is 11.6 Å². The zero-order valence-corrected chi connectivity index (χ0v) is 12.3. The molecule has 2 rings (SSSR count). The van der Waals surface area contributed by atoms with E-state index in [1.165, 1.54) is 12.8 Å². The zero-order valence-electron chi connectivity index (χ0n) is 11.6. The van der Waals surface area contributed by atoms with Gasteiger partial charge >= 0.3 is 0 Å². The van der Waals surface area contributed by atoms with Crippen LogP contribution in [-0.4, -0.2) is 36.9 Å². The largest absolute Gasteiger partial charge is 0.389 e.